The molecule has 0 aromatic heterocycles. The minimum absolute atomic E-state index is 0.0170. The molecule has 0 unspecified atom stereocenters. The van der Waals surface area contributed by atoms with Gasteiger partial charge in [0.15, 0.2) is 0 Å². The fourth-order valence-electron chi connectivity index (χ4n) is 3.26. The van der Waals surface area contributed by atoms with Crippen LogP contribution in [0.3, 0.4) is 0 Å². The van der Waals surface area contributed by atoms with Crippen LogP contribution in [0.1, 0.15) is 51.9 Å². The monoisotopic (exact) mass is 337 g/mol. The Kier molecular flexibility index (Phi) is 6.71. The first kappa shape index (κ1) is 18.5. The number of rotatable bonds is 5. The zero-order chi connectivity index (χ0) is 16.9. The van der Waals surface area contributed by atoms with E-state index in [1.54, 1.807) is 6.92 Å². The van der Waals surface area contributed by atoms with Crippen LogP contribution in [0.2, 0.25) is 0 Å². The van der Waals surface area contributed by atoms with Crippen molar-refractivity contribution in [3.63, 3.8) is 0 Å². The number of alkyl halides is 3. The molecule has 0 aromatic rings. The molecule has 0 bridgehead atoms. The van der Waals surface area contributed by atoms with Crippen molar-refractivity contribution >= 4 is 5.91 Å². The molecule has 7 heteroatoms. The molecule has 0 radical (unpaired) electrons. The lowest BCUT2D eigenvalue weighted by molar-refractivity contribution is -0.189. The van der Waals surface area contributed by atoms with Gasteiger partial charge in [-0.25, -0.2) is 0 Å². The first-order valence-electron chi connectivity index (χ1n) is 8.48. The molecule has 1 aliphatic carbocycles. The second-order valence-electron chi connectivity index (χ2n) is 6.51. The summed E-state index contributed by atoms with van der Waals surface area (Å²) in [6.07, 6.45) is -0.325. The second-order valence-corrected chi connectivity index (χ2v) is 6.51. The molecule has 2 fully saturated rings. The van der Waals surface area contributed by atoms with Gasteiger partial charge in [-0.1, -0.05) is 12.8 Å². The van der Waals surface area contributed by atoms with Crippen molar-refractivity contribution in [1.82, 2.24) is 5.32 Å². The summed E-state index contributed by atoms with van der Waals surface area (Å²) in [4.78, 5) is 12.1. The first-order chi connectivity index (χ1) is 10.9. The van der Waals surface area contributed by atoms with Gasteiger partial charge in [-0.3, -0.25) is 4.79 Å². The van der Waals surface area contributed by atoms with Crippen molar-refractivity contribution < 1.29 is 27.4 Å². The van der Waals surface area contributed by atoms with E-state index in [4.69, 9.17) is 9.47 Å². The molecule has 2 aliphatic rings. The van der Waals surface area contributed by atoms with E-state index in [0.717, 1.165) is 19.3 Å². The van der Waals surface area contributed by atoms with E-state index < -0.39 is 30.1 Å². The van der Waals surface area contributed by atoms with Crippen LogP contribution in [0.15, 0.2) is 0 Å². The van der Waals surface area contributed by atoms with Gasteiger partial charge in [-0.05, 0) is 39.0 Å². The molecule has 4 nitrogen and oxygen atoms in total. The number of halogens is 3. The number of hydrogen-bond donors (Lipinski definition) is 1. The van der Waals surface area contributed by atoms with Gasteiger partial charge >= 0.3 is 6.18 Å². The standard InChI is InChI=1S/C16H26F3NO3/c1-11(23-10-12-6-4-5-9-22-12)15(21)20-14-8-3-2-7-13(14)16(17,18)19/h11-14H,2-10H2,1H3,(H,20,21)/t11-,12-,13-,14-/m0/s1. The minimum Gasteiger partial charge on any atom is -0.376 e. The SMILES string of the molecule is C[C@H](OC[C@@H]1CCCCO1)C(=O)N[C@H]1CCCC[C@@H]1C(F)(F)F. The van der Waals surface area contributed by atoms with Crippen LogP contribution in [0.5, 0.6) is 0 Å². The molecule has 1 N–H and O–H groups in total. The minimum atomic E-state index is -4.27. The lowest BCUT2D eigenvalue weighted by Crippen LogP contribution is -2.50. The summed E-state index contributed by atoms with van der Waals surface area (Å²) in [6, 6.07) is -0.840. The first-order valence-corrected chi connectivity index (χ1v) is 8.48. The molecule has 1 aliphatic heterocycles. The van der Waals surface area contributed by atoms with Gasteiger partial charge < -0.3 is 14.8 Å². The summed E-state index contributed by atoms with van der Waals surface area (Å²) >= 11 is 0. The lowest BCUT2D eigenvalue weighted by atomic mass is 9.84. The topological polar surface area (TPSA) is 47.6 Å². The van der Waals surface area contributed by atoms with Crippen molar-refractivity contribution in [2.24, 2.45) is 5.92 Å². The van der Waals surface area contributed by atoms with Crippen LogP contribution in [-0.2, 0) is 14.3 Å². The summed E-state index contributed by atoms with van der Waals surface area (Å²) in [7, 11) is 0. The molecule has 0 spiro atoms. The number of carbonyl (C=O) groups is 1. The van der Waals surface area contributed by atoms with Crippen LogP contribution in [0.25, 0.3) is 0 Å². The van der Waals surface area contributed by atoms with Gasteiger partial charge in [0.2, 0.25) is 5.91 Å². The molecule has 2 rings (SSSR count). The Bertz CT molecular complexity index is 383. The van der Waals surface area contributed by atoms with E-state index in [-0.39, 0.29) is 12.5 Å². The summed E-state index contributed by atoms with van der Waals surface area (Å²) in [5.74, 6) is -1.92. The highest BCUT2D eigenvalue weighted by atomic mass is 19.4. The highest BCUT2D eigenvalue weighted by Crippen LogP contribution is 2.37. The Morgan fingerprint density at radius 1 is 1.22 bits per heavy atom. The zero-order valence-corrected chi connectivity index (χ0v) is 13.5. The molecule has 1 amide bonds. The van der Waals surface area contributed by atoms with Crippen molar-refractivity contribution in [2.45, 2.75) is 76.3 Å². The number of ether oxygens (including phenoxy) is 2. The lowest BCUT2D eigenvalue weighted by Gasteiger charge is -2.34. The van der Waals surface area contributed by atoms with Gasteiger partial charge in [-0.15, -0.1) is 0 Å². The summed E-state index contributed by atoms with van der Waals surface area (Å²) in [5.41, 5.74) is 0. The van der Waals surface area contributed by atoms with Crippen molar-refractivity contribution in [1.29, 1.82) is 0 Å². The zero-order valence-electron chi connectivity index (χ0n) is 13.5. The fraction of sp³-hybridized carbons (Fsp3) is 0.938. The van der Waals surface area contributed by atoms with E-state index in [1.807, 2.05) is 0 Å². The third kappa shape index (κ3) is 5.64. The molecular weight excluding hydrogens is 311 g/mol. The van der Waals surface area contributed by atoms with Crippen LogP contribution in [0, 0.1) is 5.92 Å². The predicted octanol–water partition coefficient (Wildman–Crippen LogP) is 3.20. The van der Waals surface area contributed by atoms with E-state index in [2.05, 4.69) is 5.32 Å². The highest BCUT2D eigenvalue weighted by Gasteiger charge is 2.46. The Morgan fingerprint density at radius 3 is 2.57 bits per heavy atom. The smallest absolute Gasteiger partial charge is 0.376 e. The van der Waals surface area contributed by atoms with Crippen LogP contribution in [0.4, 0.5) is 13.2 Å². The van der Waals surface area contributed by atoms with Crippen LogP contribution < -0.4 is 5.32 Å². The third-order valence-electron chi connectivity index (χ3n) is 4.69. The average molecular weight is 337 g/mol. The quantitative estimate of drug-likeness (QED) is 0.838. The maximum atomic E-state index is 13.0. The maximum absolute atomic E-state index is 13.0. The Labute approximate surface area is 135 Å². The molecule has 1 saturated carbocycles. The van der Waals surface area contributed by atoms with Crippen molar-refractivity contribution in [3.05, 3.63) is 0 Å². The van der Waals surface area contributed by atoms with E-state index in [1.165, 1.54) is 0 Å². The van der Waals surface area contributed by atoms with E-state index in [9.17, 15) is 18.0 Å². The summed E-state index contributed by atoms with van der Waals surface area (Å²) < 4.78 is 50.1. The van der Waals surface area contributed by atoms with Gasteiger partial charge in [0.05, 0.1) is 18.6 Å². The Hall–Kier alpha value is -0.820. The van der Waals surface area contributed by atoms with Crippen molar-refractivity contribution in [3.8, 4) is 0 Å². The van der Waals surface area contributed by atoms with Gasteiger partial charge in [0, 0.05) is 12.6 Å². The normalized spacial score (nSPS) is 30.7. The largest absolute Gasteiger partial charge is 0.393 e. The number of carbonyl (C=O) groups excluding carboxylic acids is 1. The molecule has 0 aromatic carbocycles. The van der Waals surface area contributed by atoms with Gasteiger partial charge in [0.25, 0.3) is 0 Å². The average Bonchev–Trinajstić information content (AvgIpc) is 2.53. The Morgan fingerprint density at radius 2 is 1.91 bits per heavy atom. The van der Waals surface area contributed by atoms with E-state index >= 15 is 0 Å². The predicted molar refractivity (Wildman–Crippen MR) is 78.9 cm³/mol. The Balaban J connectivity index is 1.79. The van der Waals surface area contributed by atoms with Crippen molar-refractivity contribution in [2.75, 3.05) is 13.2 Å². The molecule has 4 atom stereocenters. The maximum Gasteiger partial charge on any atom is 0.393 e. The van der Waals surface area contributed by atoms with E-state index in [0.29, 0.717) is 32.5 Å². The van der Waals surface area contributed by atoms with Gasteiger partial charge in [0.1, 0.15) is 6.10 Å². The third-order valence-corrected chi connectivity index (χ3v) is 4.69. The number of amides is 1. The molecule has 1 heterocycles. The molecule has 134 valence electrons. The van der Waals surface area contributed by atoms with Crippen LogP contribution >= 0.6 is 0 Å². The molecule has 1 saturated heterocycles. The highest BCUT2D eigenvalue weighted by molar-refractivity contribution is 5.80. The molecular formula is C16H26F3NO3. The fourth-order valence-corrected chi connectivity index (χ4v) is 3.26. The van der Waals surface area contributed by atoms with Gasteiger partial charge in [-0.2, -0.15) is 13.2 Å². The van der Waals surface area contributed by atoms with Crippen LogP contribution in [-0.4, -0.2) is 43.5 Å². The summed E-state index contributed by atoms with van der Waals surface area (Å²) in [6.45, 7) is 2.58. The number of hydrogen-bond acceptors (Lipinski definition) is 3. The number of nitrogens with one attached hydrogen (secondary N) is 1. The second kappa shape index (κ2) is 8.33. The summed E-state index contributed by atoms with van der Waals surface area (Å²) in [5, 5.41) is 2.54. The molecule has 23 heavy (non-hydrogen) atoms.